The van der Waals surface area contributed by atoms with E-state index in [2.05, 4.69) is 4.98 Å². The molecule has 26 heavy (non-hydrogen) atoms. The molecule has 0 spiro atoms. The van der Waals surface area contributed by atoms with Gasteiger partial charge in [-0.15, -0.1) is 0 Å². The van der Waals surface area contributed by atoms with Crippen LogP contribution in [0.2, 0.25) is 0 Å². The first-order valence-electron chi connectivity index (χ1n) is 7.59. The molecular formula is C16H15F2N3O5. The quantitative estimate of drug-likeness (QED) is 0.759. The number of nitrogens with zero attached hydrogens (tertiary/aromatic N) is 2. The third-order valence-electron chi connectivity index (χ3n) is 3.88. The van der Waals surface area contributed by atoms with E-state index in [1.54, 1.807) is 18.2 Å². The van der Waals surface area contributed by atoms with Crippen LogP contribution in [0.25, 0.3) is 0 Å². The van der Waals surface area contributed by atoms with Crippen LogP contribution in [0.1, 0.15) is 16.6 Å². The van der Waals surface area contributed by atoms with Gasteiger partial charge in [-0.3, -0.25) is 4.57 Å². The fourth-order valence-electron chi connectivity index (χ4n) is 2.62. The fourth-order valence-corrected chi connectivity index (χ4v) is 2.62. The Morgan fingerprint density at radius 1 is 1.35 bits per heavy atom. The van der Waals surface area contributed by atoms with E-state index in [1.807, 2.05) is 0 Å². The van der Waals surface area contributed by atoms with Crippen LogP contribution in [0.5, 0.6) is 0 Å². The van der Waals surface area contributed by atoms with Crippen molar-refractivity contribution in [2.24, 2.45) is 0 Å². The number of aromatic nitrogens is 2. The normalized spacial score (nSPS) is 24.3. The predicted molar refractivity (Wildman–Crippen MR) is 84.5 cm³/mol. The number of esters is 1. The van der Waals surface area contributed by atoms with E-state index >= 15 is 0 Å². The number of rotatable bonds is 4. The largest absolute Gasteiger partial charge is 0.449 e. The molecule has 1 aromatic carbocycles. The second-order valence-corrected chi connectivity index (χ2v) is 5.62. The first-order chi connectivity index (χ1) is 12.3. The topological polar surface area (TPSA) is 117 Å². The Balaban J connectivity index is 1.90. The van der Waals surface area contributed by atoms with Crippen LogP contribution in [0, 0.1) is 0 Å². The molecule has 8 nitrogen and oxygen atoms in total. The molecule has 0 saturated carbocycles. The van der Waals surface area contributed by atoms with Crippen LogP contribution in [0.4, 0.5) is 14.6 Å². The number of ether oxygens (including phenoxy) is 2. The second-order valence-electron chi connectivity index (χ2n) is 5.62. The minimum Gasteiger partial charge on any atom is -0.449 e. The number of halogens is 2. The molecule has 1 fully saturated rings. The van der Waals surface area contributed by atoms with E-state index in [0.717, 1.165) is 12.3 Å². The molecule has 3 rings (SSSR count). The van der Waals surface area contributed by atoms with Gasteiger partial charge in [-0.2, -0.15) is 13.8 Å². The number of anilines is 1. The highest BCUT2D eigenvalue weighted by atomic mass is 19.3. The second kappa shape index (κ2) is 6.81. The molecule has 10 heteroatoms. The van der Waals surface area contributed by atoms with E-state index in [-0.39, 0.29) is 11.4 Å². The highest BCUT2D eigenvalue weighted by molar-refractivity contribution is 5.89. The van der Waals surface area contributed by atoms with E-state index < -0.39 is 42.6 Å². The van der Waals surface area contributed by atoms with Gasteiger partial charge in [0, 0.05) is 6.20 Å². The maximum absolute atomic E-state index is 14.8. The molecule has 1 aromatic heterocycles. The Hall–Kier alpha value is -2.85. The first-order valence-corrected chi connectivity index (χ1v) is 7.59. The highest BCUT2D eigenvalue weighted by Crippen LogP contribution is 2.44. The summed E-state index contributed by atoms with van der Waals surface area (Å²) in [6.07, 6.45) is -4.71. The van der Waals surface area contributed by atoms with Crippen LogP contribution in [-0.4, -0.2) is 45.4 Å². The van der Waals surface area contributed by atoms with E-state index in [1.165, 1.54) is 12.1 Å². The Morgan fingerprint density at radius 3 is 2.65 bits per heavy atom. The van der Waals surface area contributed by atoms with Crippen LogP contribution < -0.4 is 11.4 Å². The molecule has 0 aliphatic carbocycles. The van der Waals surface area contributed by atoms with Crippen molar-refractivity contribution in [3.05, 3.63) is 58.6 Å². The average molecular weight is 367 g/mol. The maximum Gasteiger partial charge on any atom is 0.351 e. The molecule has 3 N–H and O–H groups in total. The van der Waals surface area contributed by atoms with Crippen LogP contribution in [0.15, 0.2) is 47.4 Å². The zero-order valence-electron chi connectivity index (χ0n) is 13.3. The van der Waals surface area contributed by atoms with Crippen molar-refractivity contribution in [2.75, 3.05) is 12.3 Å². The number of alkyl halides is 2. The van der Waals surface area contributed by atoms with Gasteiger partial charge < -0.3 is 20.3 Å². The zero-order chi connectivity index (χ0) is 18.9. The minimum atomic E-state index is -3.79. The van der Waals surface area contributed by atoms with Crippen molar-refractivity contribution >= 4 is 11.8 Å². The smallest absolute Gasteiger partial charge is 0.351 e. The molecule has 0 bridgehead atoms. The first kappa shape index (κ1) is 18.0. The van der Waals surface area contributed by atoms with Gasteiger partial charge in [-0.1, -0.05) is 18.2 Å². The summed E-state index contributed by atoms with van der Waals surface area (Å²) in [7, 11) is 0. The van der Waals surface area contributed by atoms with Gasteiger partial charge in [0.05, 0.1) is 12.2 Å². The summed E-state index contributed by atoms with van der Waals surface area (Å²) >= 11 is 0. The summed E-state index contributed by atoms with van der Waals surface area (Å²) in [4.78, 5) is 27.3. The molecule has 3 atom stereocenters. The summed E-state index contributed by atoms with van der Waals surface area (Å²) in [6, 6.07) is 8.69. The summed E-state index contributed by atoms with van der Waals surface area (Å²) in [5.74, 6) is -4.93. The molecule has 1 saturated heterocycles. The predicted octanol–water partition coefficient (Wildman–Crippen LogP) is 0.576. The van der Waals surface area contributed by atoms with E-state index in [0.29, 0.717) is 4.57 Å². The molecule has 2 heterocycles. The third kappa shape index (κ3) is 3.16. The van der Waals surface area contributed by atoms with Crippen molar-refractivity contribution in [1.82, 2.24) is 9.55 Å². The number of carbonyl (C=O) groups excluding carboxylic acids is 1. The van der Waals surface area contributed by atoms with Crippen LogP contribution >= 0.6 is 0 Å². The van der Waals surface area contributed by atoms with Gasteiger partial charge >= 0.3 is 17.6 Å². The van der Waals surface area contributed by atoms with E-state index in [9.17, 15) is 23.5 Å². The number of hydrogen-bond donors (Lipinski definition) is 2. The van der Waals surface area contributed by atoms with Crippen molar-refractivity contribution in [3.8, 4) is 0 Å². The Morgan fingerprint density at radius 2 is 2.04 bits per heavy atom. The molecule has 1 aliphatic rings. The van der Waals surface area contributed by atoms with Gasteiger partial charge in [0.2, 0.25) is 6.23 Å². The molecule has 2 aromatic rings. The number of aliphatic hydroxyl groups is 1. The zero-order valence-corrected chi connectivity index (χ0v) is 13.3. The molecule has 0 radical (unpaired) electrons. The Bertz CT molecular complexity index is 858. The number of benzene rings is 1. The average Bonchev–Trinajstić information content (AvgIpc) is 2.86. The number of nitrogens with two attached hydrogens (primary N) is 1. The van der Waals surface area contributed by atoms with Gasteiger partial charge in [-0.05, 0) is 18.2 Å². The van der Waals surface area contributed by atoms with Gasteiger partial charge in [0.1, 0.15) is 11.9 Å². The lowest BCUT2D eigenvalue weighted by molar-refractivity contribution is -0.142. The summed E-state index contributed by atoms with van der Waals surface area (Å²) < 4.78 is 40.2. The monoisotopic (exact) mass is 367 g/mol. The van der Waals surface area contributed by atoms with Crippen molar-refractivity contribution in [1.29, 1.82) is 0 Å². The Kier molecular flexibility index (Phi) is 4.70. The number of carbonyl (C=O) groups is 1. The lowest BCUT2D eigenvalue weighted by Crippen LogP contribution is -2.44. The molecule has 0 unspecified atom stereocenters. The molecule has 138 valence electrons. The van der Waals surface area contributed by atoms with Crippen LogP contribution in [0.3, 0.4) is 0 Å². The summed E-state index contributed by atoms with van der Waals surface area (Å²) in [6.45, 7) is -0.837. The number of aliphatic hydroxyl groups excluding tert-OH is 1. The lowest BCUT2D eigenvalue weighted by atomic mass is 10.1. The van der Waals surface area contributed by atoms with Crippen LogP contribution in [-0.2, 0) is 9.47 Å². The summed E-state index contributed by atoms with van der Waals surface area (Å²) in [5, 5.41) is 9.36. The van der Waals surface area contributed by atoms with Crippen molar-refractivity contribution < 1.29 is 28.2 Å². The standard InChI is InChI=1S/C16H15F2N3O5/c17-16(18)12(26-13(23)9-4-2-1-3-5-9)10(8-22)25-14(16)21-7-6-11(19)20-15(21)24/h1-7,10,12,14,22H,8H2,(H2,19,20,24)/t10-,12+,14-/m1/s1. The number of nitrogen functional groups attached to an aromatic ring is 1. The highest BCUT2D eigenvalue weighted by Gasteiger charge is 2.62. The number of hydrogen-bond acceptors (Lipinski definition) is 7. The molecular weight excluding hydrogens is 352 g/mol. The van der Waals surface area contributed by atoms with E-state index in [4.69, 9.17) is 15.2 Å². The van der Waals surface area contributed by atoms with Crippen molar-refractivity contribution in [2.45, 2.75) is 24.4 Å². The maximum atomic E-state index is 14.8. The molecule has 1 aliphatic heterocycles. The molecule has 0 amide bonds. The summed E-state index contributed by atoms with van der Waals surface area (Å²) in [5.41, 5.74) is 4.35. The van der Waals surface area contributed by atoms with Gasteiger partial charge in [0.15, 0.2) is 6.10 Å². The van der Waals surface area contributed by atoms with Crippen molar-refractivity contribution in [3.63, 3.8) is 0 Å². The fraction of sp³-hybridized carbons (Fsp3) is 0.312. The lowest BCUT2D eigenvalue weighted by Gasteiger charge is -2.24. The van der Waals surface area contributed by atoms with Gasteiger partial charge in [-0.25, -0.2) is 9.59 Å². The minimum absolute atomic E-state index is 0.0646. The Labute approximate surface area is 145 Å². The van der Waals surface area contributed by atoms with Gasteiger partial charge in [0.25, 0.3) is 0 Å². The third-order valence-corrected chi connectivity index (χ3v) is 3.88. The SMILES string of the molecule is Nc1ccn([C@@H]2O[C@H](CO)[C@H](OC(=O)c3ccccc3)C2(F)F)c(=O)n1.